The van der Waals surface area contributed by atoms with Crippen LogP contribution >= 0.6 is 0 Å². The van der Waals surface area contributed by atoms with Crippen LogP contribution in [0.3, 0.4) is 0 Å². The average molecular weight is 360 g/mol. The molecule has 1 aromatic heterocycles. The third-order valence-corrected chi connectivity index (χ3v) is 3.95. The molecule has 3 N–H and O–H groups in total. The molecule has 0 aliphatic rings. The Balaban J connectivity index is 1.87. The van der Waals surface area contributed by atoms with Crippen LogP contribution in [0.25, 0.3) is 0 Å². The zero-order valence-corrected chi connectivity index (χ0v) is 15.4. The Morgan fingerprint density at radius 1 is 1.19 bits per heavy atom. The summed E-state index contributed by atoms with van der Waals surface area (Å²) in [5, 5.41) is 15.2. The van der Waals surface area contributed by atoms with Crippen LogP contribution in [-0.2, 0) is 9.59 Å². The fourth-order valence-corrected chi connectivity index (χ4v) is 2.64. The second kappa shape index (κ2) is 8.53. The lowest BCUT2D eigenvalue weighted by Crippen LogP contribution is -2.36. The highest BCUT2D eigenvalue weighted by atomic mass is 16.5. The van der Waals surface area contributed by atoms with Gasteiger partial charge in [0.05, 0.1) is 18.9 Å². The summed E-state index contributed by atoms with van der Waals surface area (Å²) in [5.74, 6) is 0.259. The normalized spacial score (nSPS) is 11.7. The van der Waals surface area contributed by atoms with Gasteiger partial charge in [-0.05, 0) is 51.0 Å². The van der Waals surface area contributed by atoms with Gasteiger partial charge in [0.25, 0.3) is 0 Å². The molecule has 7 heteroatoms. The number of aryl methyl sites for hydroxylation is 3. The number of anilines is 1. The number of carbonyl (C=O) groups is 2. The van der Waals surface area contributed by atoms with Crippen molar-refractivity contribution in [2.75, 3.05) is 19.0 Å². The van der Waals surface area contributed by atoms with Gasteiger partial charge in [0.15, 0.2) is 0 Å². The van der Waals surface area contributed by atoms with Crippen LogP contribution in [0.5, 0.6) is 5.75 Å². The van der Waals surface area contributed by atoms with E-state index in [1.54, 1.807) is 32.0 Å². The van der Waals surface area contributed by atoms with Crippen molar-refractivity contribution < 1.29 is 23.8 Å². The molecule has 2 rings (SSSR count). The largest absolute Gasteiger partial charge is 0.495 e. The van der Waals surface area contributed by atoms with Gasteiger partial charge in [-0.3, -0.25) is 9.59 Å². The van der Waals surface area contributed by atoms with E-state index in [9.17, 15) is 14.7 Å². The average Bonchev–Trinajstić information content (AvgIpc) is 2.93. The Kier molecular flexibility index (Phi) is 6.41. The molecule has 140 valence electrons. The smallest absolute Gasteiger partial charge is 0.313 e. The Labute approximate surface area is 152 Å². The predicted molar refractivity (Wildman–Crippen MR) is 97.1 cm³/mol. The number of nitrogens with one attached hydrogen (secondary N) is 2. The molecule has 0 saturated heterocycles. The molecule has 0 saturated carbocycles. The van der Waals surface area contributed by atoms with E-state index >= 15 is 0 Å². The Hall–Kier alpha value is -2.80. The van der Waals surface area contributed by atoms with Gasteiger partial charge in [0.2, 0.25) is 0 Å². The molecule has 0 radical (unpaired) electrons. The summed E-state index contributed by atoms with van der Waals surface area (Å²) in [6.45, 7) is 5.60. The molecule has 1 heterocycles. The molecule has 26 heavy (non-hydrogen) atoms. The van der Waals surface area contributed by atoms with Gasteiger partial charge in [-0.1, -0.05) is 6.07 Å². The number of aliphatic hydroxyl groups excluding tert-OH is 1. The molecular weight excluding hydrogens is 336 g/mol. The van der Waals surface area contributed by atoms with Gasteiger partial charge in [0.1, 0.15) is 17.3 Å². The molecule has 0 aliphatic carbocycles. The SMILES string of the molecule is COc1ccc(C)cc1NC(=O)C(=O)NCCC(O)c1cc(C)oc1C. The highest BCUT2D eigenvalue weighted by molar-refractivity contribution is 6.39. The Morgan fingerprint density at radius 2 is 1.92 bits per heavy atom. The first-order chi connectivity index (χ1) is 12.3. The predicted octanol–water partition coefficient (Wildman–Crippen LogP) is 2.39. The van der Waals surface area contributed by atoms with Crippen LogP contribution in [0.4, 0.5) is 5.69 Å². The molecule has 7 nitrogen and oxygen atoms in total. The Bertz CT molecular complexity index is 797. The van der Waals surface area contributed by atoms with Crippen LogP contribution < -0.4 is 15.4 Å². The number of carbonyl (C=O) groups excluding carboxylic acids is 2. The summed E-state index contributed by atoms with van der Waals surface area (Å²) in [7, 11) is 1.49. The molecule has 0 fully saturated rings. The fraction of sp³-hybridized carbons (Fsp3) is 0.368. The highest BCUT2D eigenvalue weighted by Gasteiger charge is 2.18. The zero-order valence-electron chi connectivity index (χ0n) is 15.4. The van der Waals surface area contributed by atoms with Crippen molar-refractivity contribution in [3.63, 3.8) is 0 Å². The van der Waals surface area contributed by atoms with E-state index in [-0.39, 0.29) is 13.0 Å². The molecular formula is C19H24N2O5. The number of hydrogen-bond acceptors (Lipinski definition) is 5. The first-order valence-corrected chi connectivity index (χ1v) is 8.30. The molecule has 1 atom stereocenters. The second-order valence-electron chi connectivity index (χ2n) is 6.09. The standard InChI is InChI=1S/C19H24N2O5/c1-11-5-6-17(25-4)15(9-11)21-19(24)18(23)20-8-7-16(22)14-10-12(2)26-13(14)3/h5-6,9-10,16,22H,7-8H2,1-4H3,(H,20,23)(H,21,24). The molecule has 0 spiro atoms. The first-order valence-electron chi connectivity index (χ1n) is 8.30. The van der Waals surface area contributed by atoms with Crippen molar-refractivity contribution >= 4 is 17.5 Å². The lowest BCUT2D eigenvalue weighted by molar-refractivity contribution is -0.136. The molecule has 0 bridgehead atoms. The first kappa shape index (κ1) is 19.5. The van der Waals surface area contributed by atoms with E-state index < -0.39 is 17.9 Å². The van der Waals surface area contributed by atoms with Crippen molar-refractivity contribution in [1.29, 1.82) is 0 Å². The van der Waals surface area contributed by atoms with Gasteiger partial charge in [-0.2, -0.15) is 0 Å². The monoisotopic (exact) mass is 360 g/mol. The fourth-order valence-electron chi connectivity index (χ4n) is 2.64. The summed E-state index contributed by atoms with van der Waals surface area (Å²) in [5.41, 5.74) is 2.04. The number of ether oxygens (including phenoxy) is 1. The van der Waals surface area contributed by atoms with Gasteiger partial charge in [-0.25, -0.2) is 0 Å². The minimum Gasteiger partial charge on any atom is -0.495 e. The van der Waals surface area contributed by atoms with E-state index in [1.165, 1.54) is 7.11 Å². The third kappa shape index (κ3) is 4.86. The number of amides is 2. The van der Waals surface area contributed by atoms with E-state index in [4.69, 9.17) is 9.15 Å². The minimum atomic E-state index is -0.793. The maximum atomic E-state index is 12.0. The Morgan fingerprint density at radius 3 is 2.54 bits per heavy atom. The number of methoxy groups -OCH3 is 1. The topological polar surface area (TPSA) is 101 Å². The van der Waals surface area contributed by atoms with E-state index in [2.05, 4.69) is 10.6 Å². The summed E-state index contributed by atoms with van der Waals surface area (Å²) >= 11 is 0. The number of aliphatic hydroxyl groups is 1. The maximum Gasteiger partial charge on any atom is 0.313 e. The van der Waals surface area contributed by atoms with Gasteiger partial charge in [-0.15, -0.1) is 0 Å². The quantitative estimate of drug-likeness (QED) is 0.687. The van der Waals surface area contributed by atoms with Crippen molar-refractivity contribution in [1.82, 2.24) is 5.32 Å². The number of benzene rings is 1. The molecule has 0 aliphatic heterocycles. The van der Waals surface area contributed by atoms with Crippen molar-refractivity contribution in [3.05, 3.63) is 46.9 Å². The lowest BCUT2D eigenvalue weighted by atomic mass is 10.1. The van der Waals surface area contributed by atoms with Crippen LogP contribution in [-0.4, -0.2) is 30.6 Å². The molecule has 1 unspecified atom stereocenters. The van der Waals surface area contributed by atoms with Crippen LogP contribution in [0.1, 0.15) is 35.2 Å². The summed E-state index contributed by atoms with van der Waals surface area (Å²) in [4.78, 5) is 24.0. The van der Waals surface area contributed by atoms with Gasteiger partial charge >= 0.3 is 11.8 Å². The third-order valence-electron chi connectivity index (χ3n) is 3.95. The number of hydrogen-bond donors (Lipinski definition) is 3. The number of rotatable bonds is 6. The van der Waals surface area contributed by atoms with Crippen LogP contribution in [0, 0.1) is 20.8 Å². The van der Waals surface area contributed by atoms with E-state index in [0.717, 1.165) is 5.56 Å². The van der Waals surface area contributed by atoms with E-state index in [1.807, 2.05) is 13.0 Å². The molecule has 1 aromatic carbocycles. The van der Waals surface area contributed by atoms with Gasteiger partial charge in [0, 0.05) is 12.1 Å². The summed E-state index contributed by atoms with van der Waals surface area (Å²) in [6, 6.07) is 7.04. The summed E-state index contributed by atoms with van der Waals surface area (Å²) < 4.78 is 10.5. The molecule has 2 aromatic rings. The van der Waals surface area contributed by atoms with Crippen LogP contribution in [0.15, 0.2) is 28.7 Å². The highest BCUT2D eigenvalue weighted by Crippen LogP contribution is 2.25. The minimum absolute atomic E-state index is 0.155. The van der Waals surface area contributed by atoms with Gasteiger partial charge < -0.3 is 24.9 Å². The van der Waals surface area contributed by atoms with Crippen molar-refractivity contribution in [3.8, 4) is 5.75 Å². The number of furan rings is 1. The van der Waals surface area contributed by atoms with Crippen LogP contribution in [0.2, 0.25) is 0 Å². The second-order valence-corrected chi connectivity index (χ2v) is 6.09. The van der Waals surface area contributed by atoms with Crippen molar-refractivity contribution in [2.45, 2.75) is 33.3 Å². The lowest BCUT2D eigenvalue weighted by Gasteiger charge is -2.12. The van der Waals surface area contributed by atoms with E-state index in [0.29, 0.717) is 28.5 Å². The maximum absolute atomic E-state index is 12.0. The molecule has 2 amide bonds. The summed E-state index contributed by atoms with van der Waals surface area (Å²) in [6.07, 6.45) is -0.500. The van der Waals surface area contributed by atoms with Crippen molar-refractivity contribution in [2.24, 2.45) is 0 Å². The zero-order chi connectivity index (χ0) is 19.3.